The first-order valence-corrected chi connectivity index (χ1v) is 7.29. The summed E-state index contributed by atoms with van der Waals surface area (Å²) in [5.74, 6) is -0.0490. The van der Waals surface area contributed by atoms with Crippen LogP contribution < -0.4 is 0 Å². The van der Waals surface area contributed by atoms with Gasteiger partial charge in [0.1, 0.15) is 5.82 Å². The highest BCUT2D eigenvalue weighted by Crippen LogP contribution is 2.25. The molecule has 2 rings (SSSR count). The third-order valence-electron chi connectivity index (χ3n) is 3.64. The first-order chi connectivity index (χ1) is 9.11. The van der Waals surface area contributed by atoms with Crippen molar-refractivity contribution >= 4 is 17.5 Å². The Morgan fingerprint density at radius 3 is 2.63 bits per heavy atom. The molecule has 104 valence electrons. The summed E-state index contributed by atoms with van der Waals surface area (Å²) < 4.78 is 13.4. The van der Waals surface area contributed by atoms with Gasteiger partial charge in [0.25, 0.3) is 5.91 Å². The van der Waals surface area contributed by atoms with Gasteiger partial charge in [0.2, 0.25) is 0 Å². The third-order valence-corrected chi connectivity index (χ3v) is 3.81. The highest BCUT2D eigenvalue weighted by atomic mass is 35.5. The molecule has 0 heterocycles. The van der Waals surface area contributed by atoms with E-state index in [0.717, 1.165) is 31.2 Å². The molecule has 1 aliphatic carbocycles. The summed E-state index contributed by atoms with van der Waals surface area (Å²) in [4.78, 5) is 14.3. The molecular weight excluding hydrogens is 265 g/mol. The van der Waals surface area contributed by atoms with E-state index in [1.807, 2.05) is 4.90 Å². The zero-order chi connectivity index (χ0) is 13.8. The number of carbonyl (C=O) groups is 1. The molecule has 0 N–H and O–H groups in total. The zero-order valence-electron chi connectivity index (χ0n) is 11.2. The first-order valence-electron chi connectivity index (χ1n) is 6.76. The predicted molar refractivity (Wildman–Crippen MR) is 75.1 cm³/mol. The van der Waals surface area contributed by atoms with Crippen LogP contribution in [-0.2, 0) is 0 Å². The summed E-state index contributed by atoms with van der Waals surface area (Å²) in [6.45, 7) is 2.32. The maximum Gasteiger partial charge on any atom is 0.254 e. The minimum atomic E-state index is -0.361. The predicted octanol–water partition coefficient (Wildman–Crippen LogP) is 3.76. The minimum absolute atomic E-state index is 0.102. The zero-order valence-corrected chi connectivity index (χ0v) is 11.9. The molecule has 0 saturated heterocycles. The SMILES string of the molecule is Cc1cc(F)cc(C(=O)N(CCCl)C2CCCC2)c1. The van der Waals surface area contributed by atoms with Gasteiger partial charge in [-0.3, -0.25) is 4.79 Å². The quantitative estimate of drug-likeness (QED) is 0.771. The molecule has 0 aliphatic heterocycles. The standard InChI is InChI=1S/C15H19ClFNO/c1-11-8-12(10-13(17)9-11)15(19)18(7-6-16)14-4-2-3-5-14/h8-10,14H,2-7H2,1H3. The van der Waals surface area contributed by atoms with Crippen LogP contribution in [-0.4, -0.2) is 29.3 Å². The van der Waals surface area contributed by atoms with Crippen LogP contribution in [0.3, 0.4) is 0 Å². The number of nitrogens with zero attached hydrogens (tertiary/aromatic N) is 1. The van der Waals surface area contributed by atoms with E-state index in [4.69, 9.17) is 11.6 Å². The van der Waals surface area contributed by atoms with Crippen molar-refractivity contribution in [2.75, 3.05) is 12.4 Å². The van der Waals surface area contributed by atoms with Crippen LogP contribution in [0, 0.1) is 12.7 Å². The number of alkyl halides is 1. The molecule has 1 aromatic rings. The third kappa shape index (κ3) is 3.47. The molecule has 0 radical (unpaired) electrons. The maximum atomic E-state index is 13.4. The fourth-order valence-corrected chi connectivity index (χ4v) is 2.96. The lowest BCUT2D eigenvalue weighted by atomic mass is 10.1. The lowest BCUT2D eigenvalue weighted by molar-refractivity contribution is 0.0694. The summed E-state index contributed by atoms with van der Waals surface area (Å²) in [6.07, 6.45) is 4.35. The van der Waals surface area contributed by atoms with Gasteiger partial charge in [-0.05, 0) is 43.5 Å². The highest BCUT2D eigenvalue weighted by molar-refractivity contribution is 6.18. The Balaban J connectivity index is 2.22. The van der Waals surface area contributed by atoms with E-state index in [2.05, 4.69) is 0 Å². The minimum Gasteiger partial charge on any atom is -0.334 e. The van der Waals surface area contributed by atoms with E-state index in [1.54, 1.807) is 13.0 Å². The Hall–Kier alpha value is -1.09. The van der Waals surface area contributed by atoms with E-state index in [0.29, 0.717) is 18.0 Å². The average molecular weight is 284 g/mol. The molecule has 0 bridgehead atoms. The van der Waals surface area contributed by atoms with Crippen LogP contribution in [0.15, 0.2) is 18.2 Å². The monoisotopic (exact) mass is 283 g/mol. The molecular formula is C15H19ClFNO. The molecule has 0 spiro atoms. The van der Waals surface area contributed by atoms with Crippen molar-refractivity contribution in [1.29, 1.82) is 0 Å². The van der Waals surface area contributed by atoms with Crippen molar-refractivity contribution in [2.45, 2.75) is 38.6 Å². The van der Waals surface area contributed by atoms with Crippen LogP contribution >= 0.6 is 11.6 Å². The molecule has 0 aromatic heterocycles. The van der Waals surface area contributed by atoms with Gasteiger partial charge in [-0.1, -0.05) is 12.8 Å². The van der Waals surface area contributed by atoms with E-state index in [-0.39, 0.29) is 17.8 Å². The van der Waals surface area contributed by atoms with Gasteiger partial charge in [-0.15, -0.1) is 11.6 Å². The second-order valence-electron chi connectivity index (χ2n) is 5.14. The Labute approximate surface area is 118 Å². The summed E-state index contributed by atoms with van der Waals surface area (Å²) in [5, 5.41) is 0. The van der Waals surface area contributed by atoms with E-state index >= 15 is 0 Å². The van der Waals surface area contributed by atoms with Gasteiger partial charge in [0.15, 0.2) is 0 Å². The number of benzene rings is 1. The van der Waals surface area contributed by atoms with Crippen LogP contribution in [0.1, 0.15) is 41.6 Å². The number of aryl methyl sites for hydroxylation is 1. The van der Waals surface area contributed by atoms with Gasteiger partial charge >= 0.3 is 0 Å². The van der Waals surface area contributed by atoms with Crippen LogP contribution in [0.5, 0.6) is 0 Å². The Morgan fingerprint density at radius 1 is 1.37 bits per heavy atom. The number of hydrogen-bond donors (Lipinski definition) is 0. The Kier molecular flexibility index (Phi) is 4.81. The smallest absolute Gasteiger partial charge is 0.254 e. The fraction of sp³-hybridized carbons (Fsp3) is 0.533. The topological polar surface area (TPSA) is 20.3 Å². The molecule has 1 amide bonds. The molecule has 1 aromatic carbocycles. The number of halogens is 2. The molecule has 1 saturated carbocycles. The van der Waals surface area contributed by atoms with E-state index in [9.17, 15) is 9.18 Å². The van der Waals surface area contributed by atoms with Crippen LogP contribution in [0.2, 0.25) is 0 Å². The average Bonchev–Trinajstić information content (AvgIpc) is 2.87. The van der Waals surface area contributed by atoms with Crippen molar-refractivity contribution in [3.63, 3.8) is 0 Å². The van der Waals surface area contributed by atoms with Crippen molar-refractivity contribution in [3.8, 4) is 0 Å². The van der Waals surface area contributed by atoms with Crippen LogP contribution in [0.25, 0.3) is 0 Å². The van der Waals surface area contributed by atoms with Gasteiger partial charge < -0.3 is 4.90 Å². The summed E-state index contributed by atoms with van der Waals surface area (Å²) >= 11 is 5.80. The summed E-state index contributed by atoms with van der Waals surface area (Å²) in [7, 11) is 0. The second kappa shape index (κ2) is 6.38. The van der Waals surface area contributed by atoms with Crippen molar-refractivity contribution in [1.82, 2.24) is 4.90 Å². The molecule has 1 aliphatic rings. The fourth-order valence-electron chi connectivity index (χ4n) is 2.78. The summed E-state index contributed by atoms with van der Waals surface area (Å²) in [6, 6.07) is 4.74. The highest BCUT2D eigenvalue weighted by Gasteiger charge is 2.27. The number of hydrogen-bond acceptors (Lipinski definition) is 1. The van der Waals surface area contributed by atoms with E-state index < -0.39 is 0 Å². The van der Waals surface area contributed by atoms with Crippen molar-refractivity contribution < 1.29 is 9.18 Å². The second-order valence-corrected chi connectivity index (χ2v) is 5.52. The van der Waals surface area contributed by atoms with Crippen molar-refractivity contribution in [2.24, 2.45) is 0 Å². The maximum absolute atomic E-state index is 13.4. The lowest BCUT2D eigenvalue weighted by Gasteiger charge is -2.28. The number of rotatable bonds is 4. The van der Waals surface area contributed by atoms with Crippen LogP contribution in [0.4, 0.5) is 4.39 Å². The molecule has 19 heavy (non-hydrogen) atoms. The summed E-state index contributed by atoms with van der Waals surface area (Å²) in [5.41, 5.74) is 1.19. The molecule has 0 atom stereocenters. The first kappa shape index (κ1) is 14.3. The molecule has 1 fully saturated rings. The lowest BCUT2D eigenvalue weighted by Crippen LogP contribution is -2.40. The molecule has 4 heteroatoms. The number of carbonyl (C=O) groups excluding carboxylic acids is 1. The number of amides is 1. The van der Waals surface area contributed by atoms with Gasteiger partial charge in [0.05, 0.1) is 0 Å². The van der Waals surface area contributed by atoms with Gasteiger partial charge in [0, 0.05) is 24.0 Å². The Bertz CT molecular complexity index is 437. The normalized spacial score (nSPS) is 15.7. The van der Waals surface area contributed by atoms with Gasteiger partial charge in [-0.2, -0.15) is 0 Å². The van der Waals surface area contributed by atoms with E-state index in [1.165, 1.54) is 12.1 Å². The Morgan fingerprint density at radius 2 is 2.05 bits per heavy atom. The largest absolute Gasteiger partial charge is 0.334 e. The molecule has 0 unspecified atom stereocenters. The molecule has 2 nitrogen and oxygen atoms in total. The van der Waals surface area contributed by atoms with Crippen molar-refractivity contribution in [3.05, 3.63) is 35.1 Å². The van der Waals surface area contributed by atoms with Gasteiger partial charge in [-0.25, -0.2) is 4.39 Å².